The zero-order chi connectivity index (χ0) is 9.40. The Morgan fingerprint density at radius 3 is 2.38 bits per heavy atom. The summed E-state index contributed by atoms with van der Waals surface area (Å²) >= 11 is 0. The van der Waals surface area contributed by atoms with Crippen molar-refractivity contribution in [3.8, 4) is 0 Å². The van der Waals surface area contributed by atoms with Crippen LogP contribution in [0.15, 0.2) is 0 Å². The van der Waals surface area contributed by atoms with Gasteiger partial charge in [0.25, 0.3) is 0 Å². The Morgan fingerprint density at radius 2 is 2.00 bits per heavy atom. The van der Waals surface area contributed by atoms with E-state index in [4.69, 9.17) is 5.11 Å². The van der Waals surface area contributed by atoms with Crippen LogP contribution in [0.25, 0.3) is 0 Å². The van der Waals surface area contributed by atoms with Gasteiger partial charge < -0.3 is 10.4 Å². The molecule has 13 heavy (non-hydrogen) atoms. The fourth-order valence-electron chi connectivity index (χ4n) is 1.54. The summed E-state index contributed by atoms with van der Waals surface area (Å²) in [4.78, 5) is 0. The minimum absolute atomic E-state index is 0. The highest BCUT2D eigenvalue weighted by atomic mass is 16.2. The first-order valence-electron chi connectivity index (χ1n) is 4.97. The third-order valence-corrected chi connectivity index (χ3v) is 2.25. The Labute approximate surface area is 83.7 Å². The Bertz CT molecular complexity index is 88.1. The molecule has 0 bridgehead atoms. The smallest absolute Gasteiger partial charge is 0.0319 e. The van der Waals surface area contributed by atoms with E-state index < -0.39 is 0 Å². The molecule has 0 radical (unpaired) electrons. The van der Waals surface area contributed by atoms with Crippen molar-refractivity contribution in [1.82, 2.24) is 5.32 Å². The Hall–Kier alpha value is -0.0800. The molecule has 1 heterocycles. The van der Waals surface area contributed by atoms with E-state index in [0.29, 0.717) is 0 Å². The summed E-state index contributed by atoms with van der Waals surface area (Å²) in [7, 11) is 1.00. The highest BCUT2D eigenvalue weighted by Gasteiger charge is 2.13. The van der Waals surface area contributed by atoms with Crippen molar-refractivity contribution in [2.45, 2.75) is 53.0 Å². The summed E-state index contributed by atoms with van der Waals surface area (Å²) in [6, 6.07) is 0.849. The number of rotatable bonds is 3. The largest absolute Gasteiger partial charge is 0.400 e. The molecule has 1 atom stereocenters. The maximum absolute atomic E-state index is 7.00. The molecule has 1 rings (SSSR count). The van der Waals surface area contributed by atoms with Crippen LogP contribution in [-0.4, -0.2) is 24.8 Å². The van der Waals surface area contributed by atoms with Crippen LogP contribution in [0.3, 0.4) is 0 Å². The first kappa shape index (κ1) is 15.4. The van der Waals surface area contributed by atoms with Crippen molar-refractivity contribution >= 4 is 0 Å². The van der Waals surface area contributed by atoms with Crippen molar-refractivity contribution in [1.29, 1.82) is 0 Å². The molecular formula is C11H27NO. The normalized spacial score (nSPS) is 20.5. The fraction of sp³-hybridized carbons (Fsp3) is 1.00. The first-order valence-corrected chi connectivity index (χ1v) is 4.97. The topological polar surface area (TPSA) is 32.3 Å². The molecule has 0 amide bonds. The molecule has 1 aliphatic rings. The van der Waals surface area contributed by atoms with Gasteiger partial charge in [-0.1, -0.05) is 21.3 Å². The van der Waals surface area contributed by atoms with E-state index in [2.05, 4.69) is 19.2 Å². The van der Waals surface area contributed by atoms with Crippen LogP contribution in [-0.2, 0) is 0 Å². The van der Waals surface area contributed by atoms with Gasteiger partial charge in [-0.2, -0.15) is 0 Å². The van der Waals surface area contributed by atoms with Crippen molar-refractivity contribution in [2.24, 2.45) is 5.92 Å². The van der Waals surface area contributed by atoms with E-state index in [9.17, 15) is 0 Å². The predicted octanol–water partition coefficient (Wildman–Crippen LogP) is 2.42. The molecule has 2 nitrogen and oxygen atoms in total. The van der Waals surface area contributed by atoms with E-state index in [1.54, 1.807) is 0 Å². The second kappa shape index (κ2) is 10.0. The first-order chi connectivity index (χ1) is 5.79. The Morgan fingerprint density at radius 1 is 1.38 bits per heavy atom. The molecule has 1 saturated heterocycles. The number of aliphatic hydroxyl groups excluding tert-OH is 1. The van der Waals surface area contributed by atoms with Gasteiger partial charge in [0.05, 0.1) is 0 Å². The Balaban J connectivity index is 0. The zero-order valence-corrected chi connectivity index (χ0v) is 8.64. The molecule has 2 N–H and O–H groups in total. The number of hydrogen-bond donors (Lipinski definition) is 2. The van der Waals surface area contributed by atoms with Gasteiger partial charge in [0.15, 0.2) is 0 Å². The maximum atomic E-state index is 7.00. The zero-order valence-electron chi connectivity index (χ0n) is 8.64. The third-order valence-electron chi connectivity index (χ3n) is 2.25. The van der Waals surface area contributed by atoms with Crippen LogP contribution in [0.4, 0.5) is 0 Å². The summed E-state index contributed by atoms with van der Waals surface area (Å²) in [6.07, 6.45) is 5.57. The monoisotopic (exact) mass is 189 g/mol. The maximum Gasteiger partial charge on any atom is 0.0319 e. The molecule has 2 heteroatoms. The van der Waals surface area contributed by atoms with Crippen LogP contribution in [0.1, 0.15) is 47.0 Å². The van der Waals surface area contributed by atoms with Crippen molar-refractivity contribution in [2.75, 3.05) is 13.7 Å². The standard InChI is InChI=1S/C9H19N.CH4O.CH4/c1-8(2)5-6-9-4-3-7-10-9;1-2;/h8-10H,3-7H2,1-2H3;2H,1H3;1H4. The summed E-state index contributed by atoms with van der Waals surface area (Å²) < 4.78 is 0. The number of hydrogen-bond acceptors (Lipinski definition) is 2. The third kappa shape index (κ3) is 8.26. The average molecular weight is 189 g/mol. The molecule has 0 aromatic carbocycles. The van der Waals surface area contributed by atoms with Gasteiger partial charge in [0, 0.05) is 13.2 Å². The fourth-order valence-corrected chi connectivity index (χ4v) is 1.54. The molecule has 82 valence electrons. The highest BCUT2D eigenvalue weighted by Crippen LogP contribution is 2.13. The molecule has 0 aliphatic carbocycles. The minimum Gasteiger partial charge on any atom is -0.400 e. The molecule has 1 unspecified atom stereocenters. The number of nitrogens with one attached hydrogen (secondary N) is 1. The minimum atomic E-state index is 0. The van der Waals surface area contributed by atoms with Gasteiger partial charge in [-0.3, -0.25) is 0 Å². The lowest BCUT2D eigenvalue weighted by molar-refractivity contribution is 0.399. The lowest BCUT2D eigenvalue weighted by Gasteiger charge is -2.10. The molecule has 1 aliphatic heterocycles. The second-order valence-corrected chi connectivity index (χ2v) is 3.76. The van der Waals surface area contributed by atoms with Gasteiger partial charge in [-0.15, -0.1) is 0 Å². The van der Waals surface area contributed by atoms with E-state index in [1.807, 2.05) is 0 Å². The van der Waals surface area contributed by atoms with Crippen LogP contribution in [0.5, 0.6) is 0 Å². The van der Waals surface area contributed by atoms with Gasteiger partial charge in [-0.05, 0) is 38.1 Å². The molecule has 0 aromatic heterocycles. The van der Waals surface area contributed by atoms with E-state index >= 15 is 0 Å². The predicted molar refractivity (Wildman–Crippen MR) is 60.0 cm³/mol. The van der Waals surface area contributed by atoms with E-state index in [1.165, 1.54) is 32.2 Å². The lowest BCUT2D eigenvalue weighted by Crippen LogP contribution is -2.21. The van der Waals surface area contributed by atoms with Crippen LogP contribution in [0, 0.1) is 5.92 Å². The second-order valence-electron chi connectivity index (χ2n) is 3.76. The van der Waals surface area contributed by atoms with Crippen LogP contribution in [0.2, 0.25) is 0 Å². The van der Waals surface area contributed by atoms with Gasteiger partial charge in [0.1, 0.15) is 0 Å². The average Bonchev–Trinajstić information content (AvgIpc) is 2.56. The molecule has 0 saturated carbocycles. The summed E-state index contributed by atoms with van der Waals surface area (Å²) in [5, 5.41) is 10.5. The van der Waals surface area contributed by atoms with Crippen molar-refractivity contribution in [3.05, 3.63) is 0 Å². The van der Waals surface area contributed by atoms with Gasteiger partial charge in [0.2, 0.25) is 0 Å². The van der Waals surface area contributed by atoms with Crippen LogP contribution >= 0.6 is 0 Å². The summed E-state index contributed by atoms with van der Waals surface area (Å²) in [6.45, 7) is 5.85. The summed E-state index contributed by atoms with van der Waals surface area (Å²) in [5.41, 5.74) is 0. The van der Waals surface area contributed by atoms with E-state index in [0.717, 1.165) is 19.1 Å². The summed E-state index contributed by atoms with van der Waals surface area (Å²) in [5.74, 6) is 0.877. The SMILES string of the molecule is C.CC(C)CCC1CCCN1.CO. The highest BCUT2D eigenvalue weighted by molar-refractivity contribution is 4.73. The van der Waals surface area contributed by atoms with Crippen molar-refractivity contribution in [3.63, 3.8) is 0 Å². The molecule has 0 aromatic rings. The van der Waals surface area contributed by atoms with E-state index in [-0.39, 0.29) is 7.43 Å². The quantitative estimate of drug-likeness (QED) is 0.714. The molecule has 0 spiro atoms. The Kier molecular flexibility index (Phi) is 11.8. The molecular weight excluding hydrogens is 162 g/mol. The van der Waals surface area contributed by atoms with Crippen LogP contribution < -0.4 is 5.32 Å². The number of aliphatic hydroxyl groups is 1. The lowest BCUT2D eigenvalue weighted by atomic mass is 10.0. The molecule has 1 fully saturated rings. The van der Waals surface area contributed by atoms with Gasteiger partial charge >= 0.3 is 0 Å². The van der Waals surface area contributed by atoms with Crippen molar-refractivity contribution < 1.29 is 5.11 Å². The van der Waals surface area contributed by atoms with Gasteiger partial charge in [-0.25, -0.2) is 0 Å².